The minimum atomic E-state index is -3.88. The topological polar surface area (TPSA) is 121 Å². The van der Waals surface area contributed by atoms with Crippen molar-refractivity contribution in [2.45, 2.75) is 36.9 Å². The minimum absolute atomic E-state index is 0.255. The summed E-state index contributed by atoms with van der Waals surface area (Å²) < 4.78 is 25.0. The van der Waals surface area contributed by atoms with Gasteiger partial charge in [0.05, 0.1) is 10.8 Å². The average Bonchev–Trinajstić information content (AvgIpc) is 3.13. The number of sulfonamides is 1. The molecule has 0 aromatic heterocycles. The number of carboxylic acid groups (broad SMARTS) is 1. The first-order chi connectivity index (χ1) is 8.76. The van der Waals surface area contributed by atoms with Crippen molar-refractivity contribution in [2.24, 2.45) is 5.92 Å². The molecule has 1 amide bonds. The van der Waals surface area contributed by atoms with Crippen LogP contribution < -0.4 is 4.72 Å². The van der Waals surface area contributed by atoms with Gasteiger partial charge in [0.1, 0.15) is 0 Å². The van der Waals surface area contributed by atoms with E-state index in [-0.39, 0.29) is 6.08 Å². The summed E-state index contributed by atoms with van der Waals surface area (Å²) in [6.45, 7) is 0. The third-order valence-electron chi connectivity index (χ3n) is 3.46. The molecule has 2 saturated carbocycles. The van der Waals surface area contributed by atoms with Gasteiger partial charge in [0.2, 0.25) is 10.0 Å². The summed E-state index contributed by atoms with van der Waals surface area (Å²) >= 11 is 0. The van der Waals surface area contributed by atoms with Gasteiger partial charge in [0, 0.05) is 0 Å². The normalized spacial score (nSPS) is 21.8. The maximum atomic E-state index is 12.1. The molecule has 2 rings (SSSR count). The van der Waals surface area contributed by atoms with Crippen LogP contribution >= 0.6 is 0 Å². The van der Waals surface area contributed by atoms with E-state index in [0.29, 0.717) is 25.2 Å². The van der Waals surface area contributed by atoms with E-state index in [4.69, 9.17) is 10.2 Å². The molecule has 0 atom stereocenters. The van der Waals surface area contributed by atoms with Crippen molar-refractivity contribution in [3.8, 4) is 0 Å². The zero-order valence-corrected chi connectivity index (χ0v) is 10.9. The summed E-state index contributed by atoms with van der Waals surface area (Å²) in [5, 5.41) is 17.5. The second-order valence-electron chi connectivity index (χ2n) is 5.13. The molecule has 0 heterocycles. The molecule has 106 valence electrons. The lowest BCUT2D eigenvalue weighted by atomic mass is 10.2. The number of nitrogens with one attached hydrogen (secondary N) is 1. The molecule has 3 N–H and O–H groups in total. The summed E-state index contributed by atoms with van der Waals surface area (Å²) in [7, 11) is -3.88. The molecule has 0 radical (unpaired) electrons. The number of hydrogen-bond donors (Lipinski definition) is 3. The van der Waals surface area contributed by atoms with Crippen molar-refractivity contribution in [3.63, 3.8) is 0 Å². The number of aliphatic hydroxyl groups is 1. The highest BCUT2D eigenvalue weighted by Gasteiger charge is 2.57. The summed E-state index contributed by atoms with van der Waals surface area (Å²) in [6.07, 6.45) is 3.79. The van der Waals surface area contributed by atoms with Crippen molar-refractivity contribution in [1.29, 1.82) is 0 Å². The van der Waals surface area contributed by atoms with Crippen molar-refractivity contribution < 1.29 is 28.2 Å². The molecule has 19 heavy (non-hydrogen) atoms. The van der Waals surface area contributed by atoms with Crippen LogP contribution in [0.5, 0.6) is 0 Å². The van der Waals surface area contributed by atoms with E-state index in [9.17, 15) is 18.0 Å². The van der Waals surface area contributed by atoms with Crippen LogP contribution in [-0.4, -0.2) is 35.3 Å². The third kappa shape index (κ3) is 3.06. The third-order valence-corrected chi connectivity index (χ3v) is 5.62. The lowest BCUT2D eigenvalue weighted by Crippen LogP contribution is -2.40. The molecule has 0 spiro atoms. The Labute approximate surface area is 110 Å². The van der Waals surface area contributed by atoms with E-state index < -0.39 is 32.4 Å². The van der Waals surface area contributed by atoms with E-state index in [0.717, 1.165) is 12.8 Å². The highest BCUT2D eigenvalue weighted by atomic mass is 32.2. The van der Waals surface area contributed by atoms with Crippen LogP contribution in [0, 0.1) is 5.92 Å². The fourth-order valence-electron chi connectivity index (χ4n) is 2.04. The Kier molecular flexibility index (Phi) is 3.29. The first-order valence-electron chi connectivity index (χ1n) is 5.96. The van der Waals surface area contributed by atoms with Crippen LogP contribution in [0.3, 0.4) is 0 Å². The maximum Gasteiger partial charge on any atom is 0.332 e. The minimum Gasteiger partial charge on any atom is -0.503 e. The largest absolute Gasteiger partial charge is 0.503 e. The van der Waals surface area contributed by atoms with Crippen LogP contribution in [-0.2, 0) is 19.6 Å². The van der Waals surface area contributed by atoms with E-state index >= 15 is 0 Å². The van der Waals surface area contributed by atoms with Crippen LogP contribution in [0.1, 0.15) is 32.1 Å². The Morgan fingerprint density at radius 3 is 2.26 bits per heavy atom. The molecule has 0 bridgehead atoms. The second kappa shape index (κ2) is 4.52. The number of aliphatic carboxylic acids is 1. The van der Waals surface area contributed by atoms with Crippen molar-refractivity contribution in [1.82, 2.24) is 4.72 Å². The molecule has 2 aliphatic carbocycles. The van der Waals surface area contributed by atoms with Gasteiger partial charge in [-0.05, 0) is 25.2 Å². The van der Waals surface area contributed by atoms with Crippen molar-refractivity contribution in [2.75, 3.05) is 0 Å². The molecular formula is C11H15NO6S. The van der Waals surface area contributed by atoms with Gasteiger partial charge >= 0.3 is 5.97 Å². The summed E-state index contributed by atoms with van der Waals surface area (Å²) in [5.74, 6) is -3.55. The molecule has 2 fully saturated rings. The molecular weight excluding hydrogens is 274 g/mol. The fraction of sp³-hybridized carbons (Fsp3) is 0.636. The van der Waals surface area contributed by atoms with Gasteiger partial charge in [0.25, 0.3) is 5.91 Å². The highest BCUT2D eigenvalue weighted by molar-refractivity contribution is 7.91. The van der Waals surface area contributed by atoms with E-state index in [1.165, 1.54) is 0 Å². The van der Waals surface area contributed by atoms with E-state index in [2.05, 4.69) is 0 Å². The molecule has 0 aromatic carbocycles. The van der Waals surface area contributed by atoms with Crippen molar-refractivity contribution in [3.05, 3.63) is 11.8 Å². The predicted octanol–water partition coefficient (Wildman–Crippen LogP) is 0.292. The molecule has 7 nitrogen and oxygen atoms in total. The zero-order chi connectivity index (χ0) is 14.3. The quantitative estimate of drug-likeness (QED) is 0.477. The number of carboxylic acids is 1. The molecule has 0 saturated heterocycles. The van der Waals surface area contributed by atoms with Gasteiger partial charge in [-0.2, -0.15) is 0 Å². The van der Waals surface area contributed by atoms with Crippen LogP contribution in [0.2, 0.25) is 0 Å². The van der Waals surface area contributed by atoms with E-state index in [1.54, 1.807) is 4.72 Å². The van der Waals surface area contributed by atoms with Crippen LogP contribution in [0.25, 0.3) is 0 Å². The van der Waals surface area contributed by atoms with E-state index in [1.807, 2.05) is 0 Å². The Morgan fingerprint density at radius 2 is 1.84 bits per heavy atom. The summed E-state index contributed by atoms with van der Waals surface area (Å²) in [6, 6.07) is 0. The smallest absolute Gasteiger partial charge is 0.332 e. The predicted molar refractivity (Wildman–Crippen MR) is 64.7 cm³/mol. The zero-order valence-electron chi connectivity index (χ0n) is 10.1. The Balaban J connectivity index is 2.05. The molecule has 0 unspecified atom stereocenters. The number of rotatable bonds is 6. The highest BCUT2D eigenvalue weighted by Crippen LogP contribution is 2.52. The second-order valence-corrected chi connectivity index (χ2v) is 7.21. The standard InChI is InChI=1S/C11H15NO6S/c13-8(5-9(14)15)10(16)12-19(17,18)11(3-4-11)6-7-1-2-7/h5,7,13H,1-4,6H2,(H,12,16)(H,14,15). The number of aliphatic hydroxyl groups excluding tert-OH is 1. The molecule has 2 aliphatic rings. The average molecular weight is 289 g/mol. The fourth-order valence-corrected chi connectivity index (χ4v) is 3.69. The van der Waals surface area contributed by atoms with Gasteiger partial charge in [-0.3, -0.25) is 4.79 Å². The number of carbonyl (C=O) groups excluding carboxylic acids is 1. The lowest BCUT2D eigenvalue weighted by Gasteiger charge is -2.16. The van der Waals surface area contributed by atoms with Gasteiger partial charge in [-0.15, -0.1) is 0 Å². The molecule has 0 aromatic rings. The number of hydrogen-bond acceptors (Lipinski definition) is 5. The number of amides is 1. The maximum absolute atomic E-state index is 12.1. The Bertz CT molecular complexity index is 542. The first-order valence-corrected chi connectivity index (χ1v) is 7.44. The van der Waals surface area contributed by atoms with Gasteiger partial charge < -0.3 is 10.2 Å². The van der Waals surface area contributed by atoms with Crippen LogP contribution in [0.15, 0.2) is 11.8 Å². The Hall–Kier alpha value is -1.57. The van der Waals surface area contributed by atoms with Gasteiger partial charge in [0.15, 0.2) is 5.76 Å². The molecule has 0 aliphatic heterocycles. The Morgan fingerprint density at radius 1 is 1.26 bits per heavy atom. The SMILES string of the molecule is O=C(O)C=C(O)C(=O)NS(=O)(=O)C1(CC2CC2)CC1. The first kappa shape index (κ1) is 13.9. The van der Waals surface area contributed by atoms with Crippen LogP contribution in [0.4, 0.5) is 0 Å². The van der Waals surface area contributed by atoms with Crippen molar-refractivity contribution >= 4 is 21.9 Å². The summed E-state index contributed by atoms with van der Waals surface area (Å²) in [5.41, 5.74) is 0. The molecule has 8 heteroatoms. The monoisotopic (exact) mass is 289 g/mol. The van der Waals surface area contributed by atoms with Gasteiger partial charge in [-0.1, -0.05) is 12.8 Å². The lowest BCUT2D eigenvalue weighted by molar-refractivity contribution is -0.132. The number of carbonyl (C=O) groups is 2. The summed E-state index contributed by atoms with van der Waals surface area (Å²) in [4.78, 5) is 21.7. The van der Waals surface area contributed by atoms with Gasteiger partial charge in [-0.25, -0.2) is 17.9 Å².